The fraction of sp³-hybridized carbons (Fsp3) is 0.0588. The lowest BCUT2D eigenvalue weighted by atomic mass is 10.1. The highest BCUT2D eigenvalue weighted by Crippen LogP contribution is 2.28. The molecule has 0 radical (unpaired) electrons. The molecule has 4 heteroatoms. The fourth-order valence-electron chi connectivity index (χ4n) is 2.14. The molecule has 3 rings (SSSR count). The van der Waals surface area contributed by atoms with E-state index in [1.54, 1.807) is 30.5 Å². The van der Waals surface area contributed by atoms with Gasteiger partial charge in [0.2, 0.25) is 0 Å². The van der Waals surface area contributed by atoms with E-state index in [9.17, 15) is 4.79 Å². The van der Waals surface area contributed by atoms with Crippen LogP contribution in [0.3, 0.4) is 0 Å². The third-order valence-electron chi connectivity index (χ3n) is 3.28. The molecule has 1 N–H and O–H groups in total. The van der Waals surface area contributed by atoms with E-state index in [0.29, 0.717) is 21.8 Å². The number of fused-ring (bicyclic) bond motifs is 1. The number of hydrogen-bond donors (Lipinski definition) is 1. The molecule has 0 saturated heterocycles. The number of amides is 1. The van der Waals surface area contributed by atoms with Gasteiger partial charge in [0.05, 0.1) is 16.2 Å². The molecule has 0 bridgehead atoms. The van der Waals surface area contributed by atoms with E-state index in [0.717, 1.165) is 10.9 Å². The zero-order valence-electron chi connectivity index (χ0n) is 11.4. The number of nitrogens with zero attached hydrogens (tertiary/aromatic N) is 1. The van der Waals surface area contributed by atoms with Crippen molar-refractivity contribution in [2.75, 3.05) is 5.32 Å². The minimum Gasteiger partial charge on any atom is -0.320 e. The minimum absolute atomic E-state index is 0.163. The van der Waals surface area contributed by atoms with E-state index in [4.69, 9.17) is 11.6 Å². The van der Waals surface area contributed by atoms with Gasteiger partial charge in [-0.1, -0.05) is 29.3 Å². The predicted octanol–water partition coefficient (Wildman–Crippen LogP) is 4.45. The first kappa shape index (κ1) is 13.6. The number of nitrogens with one attached hydrogen (secondary N) is 1. The zero-order valence-corrected chi connectivity index (χ0v) is 12.2. The molecule has 0 spiro atoms. The third kappa shape index (κ3) is 2.73. The number of rotatable bonds is 2. The summed E-state index contributed by atoms with van der Waals surface area (Å²) in [4.78, 5) is 16.6. The van der Waals surface area contributed by atoms with Gasteiger partial charge in [0.15, 0.2) is 0 Å². The van der Waals surface area contributed by atoms with E-state index in [1.807, 2.05) is 31.2 Å². The molecule has 1 aromatic heterocycles. The number of carbonyl (C=O) groups excluding carboxylic acids is 1. The van der Waals surface area contributed by atoms with Crippen LogP contribution in [-0.2, 0) is 0 Å². The molecular weight excluding hydrogens is 284 g/mol. The topological polar surface area (TPSA) is 42.0 Å². The summed E-state index contributed by atoms with van der Waals surface area (Å²) in [6.07, 6.45) is 1.68. The summed E-state index contributed by atoms with van der Waals surface area (Å²) in [5, 5.41) is 4.33. The van der Waals surface area contributed by atoms with Crippen LogP contribution in [0.4, 0.5) is 5.69 Å². The second-order valence-corrected chi connectivity index (χ2v) is 5.22. The molecule has 0 saturated carbocycles. The van der Waals surface area contributed by atoms with E-state index < -0.39 is 0 Å². The Bertz CT molecular complexity index is 813. The Morgan fingerprint density at radius 2 is 1.86 bits per heavy atom. The van der Waals surface area contributed by atoms with Crippen LogP contribution in [0.2, 0.25) is 5.02 Å². The minimum atomic E-state index is -0.163. The SMILES string of the molecule is Cc1ccc(C(=O)Nc2ccc(Cl)c3cccnc23)cc1. The van der Waals surface area contributed by atoms with Crippen molar-refractivity contribution in [3.05, 3.63) is 70.9 Å². The zero-order chi connectivity index (χ0) is 14.8. The maximum Gasteiger partial charge on any atom is 0.255 e. The van der Waals surface area contributed by atoms with E-state index in [-0.39, 0.29) is 5.91 Å². The van der Waals surface area contributed by atoms with Gasteiger partial charge in [-0.15, -0.1) is 0 Å². The second-order valence-electron chi connectivity index (χ2n) is 4.81. The number of carbonyl (C=O) groups is 1. The Morgan fingerprint density at radius 1 is 1.10 bits per heavy atom. The molecule has 3 aromatic rings. The highest BCUT2D eigenvalue weighted by Gasteiger charge is 2.10. The highest BCUT2D eigenvalue weighted by molar-refractivity contribution is 6.36. The van der Waals surface area contributed by atoms with Crippen molar-refractivity contribution >= 4 is 34.1 Å². The Morgan fingerprint density at radius 3 is 2.62 bits per heavy atom. The van der Waals surface area contributed by atoms with Crippen LogP contribution in [0, 0.1) is 6.92 Å². The number of aromatic nitrogens is 1. The highest BCUT2D eigenvalue weighted by atomic mass is 35.5. The lowest BCUT2D eigenvalue weighted by Crippen LogP contribution is -2.12. The number of halogens is 1. The first-order valence-corrected chi connectivity index (χ1v) is 6.94. The van der Waals surface area contributed by atoms with Crippen molar-refractivity contribution in [2.24, 2.45) is 0 Å². The molecule has 0 fully saturated rings. The van der Waals surface area contributed by atoms with Crippen LogP contribution in [0.25, 0.3) is 10.9 Å². The summed E-state index contributed by atoms with van der Waals surface area (Å²) in [7, 11) is 0. The molecule has 1 heterocycles. The van der Waals surface area contributed by atoms with Crippen molar-refractivity contribution < 1.29 is 4.79 Å². The van der Waals surface area contributed by atoms with E-state index in [1.165, 1.54) is 0 Å². The van der Waals surface area contributed by atoms with E-state index >= 15 is 0 Å². The first-order chi connectivity index (χ1) is 10.1. The molecule has 0 aliphatic rings. The van der Waals surface area contributed by atoms with Crippen LogP contribution >= 0.6 is 11.6 Å². The van der Waals surface area contributed by atoms with Gasteiger partial charge in [-0.3, -0.25) is 9.78 Å². The summed E-state index contributed by atoms with van der Waals surface area (Å²) in [6, 6.07) is 14.7. The molecule has 0 unspecified atom stereocenters. The van der Waals surface area contributed by atoms with Crippen molar-refractivity contribution in [1.29, 1.82) is 0 Å². The van der Waals surface area contributed by atoms with Gasteiger partial charge < -0.3 is 5.32 Å². The average Bonchev–Trinajstić information content (AvgIpc) is 2.51. The third-order valence-corrected chi connectivity index (χ3v) is 3.61. The predicted molar refractivity (Wildman–Crippen MR) is 85.9 cm³/mol. The molecule has 1 amide bonds. The number of hydrogen-bond acceptors (Lipinski definition) is 2. The molecular formula is C17H13ClN2O. The van der Waals surface area contributed by atoms with Gasteiger partial charge in [-0.05, 0) is 43.3 Å². The average molecular weight is 297 g/mol. The molecule has 2 aromatic carbocycles. The van der Waals surface area contributed by atoms with Crippen LogP contribution in [-0.4, -0.2) is 10.9 Å². The van der Waals surface area contributed by atoms with Crippen LogP contribution < -0.4 is 5.32 Å². The standard InChI is InChI=1S/C17H13ClN2O/c1-11-4-6-12(7-5-11)17(21)20-15-9-8-14(18)13-3-2-10-19-16(13)15/h2-10H,1H3,(H,20,21). The maximum absolute atomic E-state index is 12.3. The van der Waals surface area contributed by atoms with E-state index in [2.05, 4.69) is 10.3 Å². The van der Waals surface area contributed by atoms with Gasteiger partial charge in [-0.25, -0.2) is 0 Å². The molecule has 0 aliphatic heterocycles. The lowest BCUT2D eigenvalue weighted by Gasteiger charge is -2.09. The summed E-state index contributed by atoms with van der Waals surface area (Å²) >= 11 is 6.15. The largest absolute Gasteiger partial charge is 0.320 e. The van der Waals surface area contributed by atoms with Gasteiger partial charge in [0.25, 0.3) is 5.91 Å². The Balaban J connectivity index is 1.97. The molecule has 0 atom stereocenters. The van der Waals surface area contributed by atoms with Gasteiger partial charge >= 0.3 is 0 Å². The second kappa shape index (κ2) is 5.54. The molecule has 3 nitrogen and oxygen atoms in total. The molecule has 21 heavy (non-hydrogen) atoms. The quantitative estimate of drug-likeness (QED) is 0.759. The smallest absolute Gasteiger partial charge is 0.255 e. The van der Waals surface area contributed by atoms with Crippen molar-refractivity contribution in [1.82, 2.24) is 4.98 Å². The summed E-state index contributed by atoms with van der Waals surface area (Å²) < 4.78 is 0. The lowest BCUT2D eigenvalue weighted by molar-refractivity contribution is 0.102. The fourth-order valence-corrected chi connectivity index (χ4v) is 2.35. The summed E-state index contributed by atoms with van der Waals surface area (Å²) in [6.45, 7) is 1.98. The summed E-state index contributed by atoms with van der Waals surface area (Å²) in [5.41, 5.74) is 3.07. The van der Waals surface area contributed by atoms with Crippen LogP contribution in [0.5, 0.6) is 0 Å². The summed E-state index contributed by atoms with van der Waals surface area (Å²) in [5.74, 6) is -0.163. The molecule has 0 aliphatic carbocycles. The van der Waals surface area contributed by atoms with Gasteiger partial charge in [-0.2, -0.15) is 0 Å². The van der Waals surface area contributed by atoms with Crippen molar-refractivity contribution in [3.8, 4) is 0 Å². The van der Waals surface area contributed by atoms with Gasteiger partial charge in [0.1, 0.15) is 0 Å². The van der Waals surface area contributed by atoms with Crippen molar-refractivity contribution in [3.63, 3.8) is 0 Å². The Labute approximate surface area is 127 Å². The normalized spacial score (nSPS) is 10.6. The van der Waals surface area contributed by atoms with Gasteiger partial charge in [0, 0.05) is 17.1 Å². The Hall–Kier alpha value is -2.39. The number of anilines is 1. The Kier molecular flexibility index (Phi) is 3.59. The first-order valence-electron chi connectivity index (χ1n) is 6.56. The number of aryl methyl sites for hydroxylation is 1. The van der Waals surface area contributed by atoms with Crippen molar-refractivity contribution in [2.45, 2.75) is 6.92 Å². The molecule has 104 valence electrons. The number of benzene rings is 2. The maximum atomic E-state index is 12.3. The van der Waals surface area contributed by atoms with Crippen LogP contribution in [0.1, 0.15) is 15.9 Å². The van der Waals surface area contributed by atoms with Crippen LogP contribution in [0.15, 0.2) is 54.7 Å². The monoisotopic (exact) mass is 296 g/mol. The number of pyridine rings is 1.